The quantitative estimate of drug-likeness (QED) is 0.512. The molecule has 0 amide bonds. The summed E-state index contributed by atoms with van der Waals surface area (Å²) in [6.07, 6.45) is 2.98. The Morgan fingerprint density at radius 3 is 2.93 bits per heavy atom. The van der Waals surface area contributed by atoms with Crippen LogP contribution in [0.15, 0.2) is 0 Å². The lowest BCUT2D eigenvalue weighted by atomic mass is 10.1. The van der Waals surface area contributed by atoms with Gasteiger partial charge in [0, 0.05) is 26.1 Å². The van der Waals surface area contributed by atoms with Crippen molar-refractivity contribution < 1.29 is 4.74 Å². The van der Waals surface area contributed by atoms with Crippen LogP contribution in [-0.2, 0) is 4.74 Å². The maximum absolute atomic E-state index is 7.35. The summed E-state index contributed by atoms with van der Waals surface area (Å²) in [5.41, 5.74) is 5.46. The van der Waals surface area contributed by atoms with Gasteiger partial charge in [-0.1, -0.05) is 6.92 Å². The van der Waals surface area contributed by atoms with Gasteiger partial charge in [-0.25, -0.2) is 0 Å². The fourth-order valence-corrected chi connectivity index (χ4v) is 2.35. The second-order valence-electron chi connectivity index (χ2n) is 4.40. The lowest BCUT2D eigenvalue weighted by Gasteiger charge is -2.26. The number of amidine groups is 1. The van der Waals surface area contributed by atoms with E-state index in [2.05, 4.69) is 11.8 Å². The Labute approximate surface area is 92.3 Å². The van der Waals surface area contributed by atoms with E-state index in [1.54, 1.807) is 7.11 Å². The molecule has 0 spiro atoms. The van der Waals surface area contributed by atoms with Crippen LogP contribution in [0.2, 0.25) is 0 Å². The second-order valence-corrected chi connectivity index (χ2v) is 4.40. The molecule has 0 aromatic heterocycles. The molecule has 0 aromatic rings. The summed E-state index contributed by atoms with van der Waals surface area (Å²) in [5.74, 6) is 0.966. The average Bonchev–Trinajstić information content (AvgIpc) is 2.63. The zero-order valence-corrected chi connectivity index (χ0v) is 9.83. The molecule has 2 unspecified atom stereocenters. The van der Waals surface area contributed by atoms with Crippen LogP contribution in [0.1, 0.15) is 26.2 Å². The minimum atomic E-state index is 0.303. The van der Waals surface area contributed by atoms with Crippen molar-refractivity contribution >= 4 is 5.84 Å². The highest BCUT2D eigenvalue weighted by Crippen LogP contribution is 2.21. The van der Waals surface area contributed by atoms with Gasteiger partial charge in [-0.15, -0.1) is 0 Å². The molecule has 1 aliphatic rings. The summed E-state index contributed by atoms with van der Waals surface area (Å²) >= 11 is 0. The molecule has 4 heteroatoms. The van der Waals surface area contributed by atoms with Crippen LogP contribution >= 0.6 is 0 Å². The maximum atomic E-state index is 7.35. The Bertz CT molecular complexity index is 208. The fraction of sp³-hybridized carbons (Fsp3) is 0.909. The zero-order valence-electron chi connectivity index (χ0n) is 9.83. The van der Waals surface area contributed by atoms with Gasteiger partial charge in [0.15, 0.2) is 0 Å². The van der Waals surface area contributed by atoms with E-state index in [1.807, 2.05) is 0 Å². The van der Waals surface area contributed by atoms with Crippen molar-refractivity contribution in [2.45, 2.75) is 32.2 Å². The first-order chi connectivity index (χ1) is 7.17. The number of hydrogen-bond donors (Lipinski definition) is 2. The maximum Gasteiger partial charge on any atom is 0.0921 e. The summed E-state index contributed by atoms with van der Waals surface area (Å²) in [6, 6.07) is 0.448. The summed E-state index contributed by atoms with van der Waals surface area (Å²) in [6.45, 7) is 5.24. The Morgan fingerprint density at radius 1 is 1.67 bits per heavy atom. The lowest BCUT2D eigenvalue weighted by molar-refractivity contribution is 0.146. The second kappa shape index (κ2) is 6.08. The molecule has 1 heterocycles. The van der Waals surface area contributed by atoms with Gasteiger partial charge < -0.3 is 10.5 Å². The molecular weight excluding hydrogens is 190 g/mol. The van der Waals surface area contributed by atoms with E-state index in [4.69, 9.17) is 15.9 Å². The van der Waals surface area contributed by atoms with Gasteiger partial charge >= 0.3 is 0 Å². The van der Waals surface area contributed by atoms with E-state index in [0.29, 0.717) is 24.2 Å². The lowest BCUT2D eigenvalue weighted by Crippen LogP contribution is -2.36. The molecule has 1 aliphatic heterocycles. The molecule has 88 valence electrons. The predicted octanol–water partition coefficient (Wildman–Crippen LogP) is 1.06. The van der Waals surface area contributed by atoms with Crippen molar-refractivity contribution in [3.8, 4) is 0 Å². The highest BCUT2D eigenvalue weighted by molar-refractivity contribution is 5.77. The normalized spacial score (nSPS) is 24.3. The number of ether oxygens (including phenoxy) is 1. The number of likely N-dealkylation sites (tertiary alicyclic amines) is 1. The first-order valence-electron chi connectivity index (χ1n) is 5.73. The Morgan fingerprint density at radius 2 is 2.40 bits per heavy atom. The number of methoxy groups -OCH3 is 1. The minimum absolute atomic E-state index is 0.303. The molecule has 2 atom stereocenters. The van der Waals surface area contributed by atoms with Gasteiger partial charge in [0.05, 0.1) is 12.4 Å². The Kier molecular flexibility index (Phi) is 5.05. The molecule has 4 nitrogen and oxygen atoms in total. The molecule has 0 radical (unpaired) electrons. The summed E-state index contributed by atoms with van der Waals surface area (Å²) in [4.78, 5) is 2.45. The summed E-state index contributed by atoms with van der Waals surface area (Å²) in [5, 5.41) is 7.35. The van der Waals surface area contributed by atoms with E-state index in [1.165, 1.54) is 6.42 Å². The third-order valence-corrected chi connectivity index (χ3v) is 3.16. The van der Waals surface area contributed by atoms with Crippen molar-refractivity contribution in [2.75, 3.05) is 26.8 Å². The van der Waals surface area contributed by atoms with E-state index < -0.39 is 0 Å². The standard InChI is InChI=1S/C11H23N3O/c1-3-10(6-11(12)13)14-5-4-9(7-14)8-15-2/h9-10H,3-8H2,1-2H3,(H3,12,13). The van der Waals surface area contributed by atoms with Crippen LogP contribution in [-0.4, -0.2) is 43.6 Å². The number of hydrogen-bond acceptors (Lipinski definition) is 3. The molecule has 0 saturated carbocycles. The van der Waals surface area contributed by atoms with Gasteiger partial charge in [0.1, 0.15) is 0 Å². The van der Waals surface area contributed by atoms with Crippen LogP contribution in [0.4, 0.5) is 0 Å². The molecule has 15 heavy (non-hydrogen) atoms. The van der Waals surface area contributed by atoms with E-state index in [9.17, 15) is 0 Å². The molecule has 1 fully saturated rings. The molecule has 3 N–H and O–H groups in total. The highest BCUT2D eigenvalue weighted by atomic mass is 16.5. The Hall–Kier alpha value is -0.610. The largest absolute Gasteiger partial charge is 0.388 e. The van der Waals surface area contributed by atoms with E-state index in [0.717, 1.165) is 26.1 Å². The van der Waals surface area contributed by atoms with E-state index in [-0.39, 0.29) is 0 Å². The predicted molar refractivity (Wildman–Crippen MR) is 62.2 cm³/mol. The third-order valence-electron chi connectivity index (χ3n) is 3.16. The molecule has 1 rings (SSSR count). The minimum Gasteiger partial charge on any atom is -0.388 e. The molecular formula is C11H23N3O. The zero-order chi connectivity index (χ0) is 11.3. The monoisotopic (exact) mass is 213 g/mol. The van der Waals surface area contributed by atoms with E-state index >= 15 is 0 Å². The molecule has 1 saturated heterocycles. The van der Waals surface area contributed by atoms with Crippen LogP contribution in [0, 0.1) is 11.3 Å². The smallest absolute Gasteiger partial charge is 0.0921 e. The number of nitrogens with one attached hydrogen (secondary N) is 1. The van der Waals surface area contributed by atoms with Crippen molar-refractivity contribution in [3.05, 3.63) is 0 Å². The number of nitrogens with zero attached hydrogens (tertiary/aromatic N) is 1. The van der Waals surface area contributed by atoms with Gasteiger partial charge in [-0.3, -0.25) is 10.3 Å². The van der Waals surface area contributed by atoms with Gasteiger partial charge in [-0.2, -0.15) is 0 Å². The van der Waals surface area contributed by atoms with Crippen molar-refractivity contribution in [2.24, 2.45) is 11.7 Å². The third kappa shape index (κ3) is 3.80. The summed E-state index contributed by atoms with van der Waals surface area (Å²) in [7, 11) is 1.76. The summed E-state index contributed by atoms with van der Waals surface area (Å²) < 4.78 is 5.17. The van der Waals surface area contributed by atoms with Gasteiger partial charge in [0.2, 0.25) is 0 Å². The van der Waals surface area contributed by atoms with Crippen LogP contribution in [0.3, 0.4) is 0 Å². The van der Waals surface area contributed by atoms with Gasteiger partial charge in [-0.05, 0) is 25.3 Å². The first-order valence-corrected chi connectivity index (χ1v) is 5.73. The van der Waals surface area contributed by atoms with Crippen LogP contribution in [0.25, 0.3) is 0 Å². The fourth-order valence-electron chi connectivity index (χ4n) is 2.35. The van der Waals surface area contributed by atoms with Crippen molar-refractivity contribution in [3.63, 3.8) is 0 Å². The average molecular weight is 213 g/mol. The number of rotatable bonds is 6. The van der Waals surface area contributed by atoms with Crippen LogP contribution in [0.5, 0.6) is 0 Å². The highest BCUT2D eigenvalue weighted by Gasteiger charge is 2.27. The molecule has 0 aliphatic carbocycles. The van der Waals surface area contributed by atoms with Crippen LogP contribution < -0.4 is 5.73 Å². The topological polar surface area (TPSA) is 62.3 Å². The first kappa shape index (κ1) is 12.5. The SMILES string of the molecule is CCC(CC(=N)N)N1CCC(COC)C1. The van der Waals surface area contributed by atoms with Crippen molar-refractivity contribution in [1.82, 2.24) is 4.90 Å². The van der Waals surface area contributed by atoms with Crippen molar-refractivity contribution in [1.29, 1.82) is 5.41 Å². The van der Waals surface area contributed by atoms with Gasteiger partial charge in [0.25, 0.3) is 0 Å². The molecule has 0 aromatic carbocycles. The Balaban J connectivity index is 2.39. The number of nitrogens with two attached hydrogens (primary N) is 1. The molecule has 0 bridgehead atoms.